The van der Waals surface area contributed by atoms with E-state index in [0.29, 0.717) is 12.0 Å². The van der Waals surface area contributed by atoms with E-state index in [1.807, 2.05) is 27.9 Å². The van der Waals surface area contributed by atoms with Gasteiger partial charge in [-0.15, -0.1) is 0 Å². The Labute approximate surface area is 112 Å². The number of hydrogen-bond acceptors (Lipinski definition) is 5. The molecule has 0 aliphatic carbocycles. The van der Waals surface area contributed by atoms with Gasteiger partial charge in [-0.25, -0.2) is 9.00 Å². The van der Waals surface area contributed by atoms with Crippen molar-refractivity contribution in [2.75, 3.05) is 20.7 Å². The number of nitrogens with one attached hydrogen (secondary N) is 1. The molecule has 0 aliphatic rings. The molecule has 0 rings (SSSR count). The Morgan fingerprint density at radius 1 is 1.39 bits per heavy atom. The number of carboxylic acid groups (broad SMARTS) is 1. The summed E-state index contributed by atoms with van der Waals surface area (Å²) in [6, 6.07) is 0. The van der Waals surface area contributed by atoms with Crippen molar-refractivity contribution >= 4 is 17.3 Å². The highest BCUT2D eigenvalue weighted by Crippen LogP contribution is 1.99. The molecule has 0 spiro atoms. The fourth-order valence-corrected chi connectivity index (χ4v) is 0.863. The van der Waals surface area contributed by atoms with Gasteiger partial charge in [-0.2, -0.15) is 0 Å². The first-order valence-corrected chi connectivity index (χ1v) is 6.59. The molecule has 0 saturated heterocycles. The van der Waals surface area contributed by atoms with E-state index in [2.05, 4.69) is 16.1 Å². The summed E-state index contributed by atoms with van der Waals surface area (Å²) in [6.45, 7) is 7.40. The van der Waals surface area contributed by atoms with Gasteiger partial charge in [0.15, 0.2) is 0 Å². The zero-order chi connectivity index (χ0) is 15.0. The Kier molecular flexibility index (Phi) is 23.2. The third kappa shape index (κ3) is 29.5. The lowest BCUT2D eigenvalue weighted by Gasteiger charge is -2.01. The summed E-state index contributed by atoms with van der Waals surface area (Å²) in [5, 5.41) is 11.0. The van der Waals surface area contributed by atoms with E-state index >= 15 is 0 Å². The minimum absolute atomic E-state index is 0.288. The van der Waals surface area contributed by atoms with Crippen LogP contribution >= 0.6 is 0 Å². The molecule has 0 heterocycles. The zero-order valence-corrected chi connectivity index (χ0v) is 12.3. The fourth-order valence-electron chi connectivity index (χ4n) is 0.560. The standard InChI is InChI=1S/C6H10O2.C3H8O3S.C2H7N/c1-3-4-5(2)6(7)8;1-2-3-6-7(4)5;1-3-2/h2-4H2,1H3,(H,7,8);2-3H2,1H3,(H,4,5);3H,1-2H3/p-1. The van der Waals surface area contributed by atoms with Crippen LogP contribution in [0.1, 0.15) is 33.1 Å². The van der Waals surface area contributed by atoms with E-state index in [0.717, 1.165) is 12.8 Å². The van der Waals surface area contributed by atoms with Crippen LogP contribution in [0.4, 0.5) is 0 Å². The van der Waals surface area contributed by atoms with Crippen LogP contribution < -0.4 is 5.32 Å². The van der Waals surface area contributed by atoms with E-state index < -0.39 is 17.3 Å². The van der Waals surface area contributed by atoms with E-state index in [-0.39, 0.29) is 6.61 Å². The summed E-state index contributed by atoms with van der Waals surface area (Å²) in [4.78, 5) is 9.99. The Morgan fingerprint density at radius 3 is 1.94 bits per heavy atom. The molecular weight excluding hydrogens is 258 g/mol. The highest BCUT2D eigenvalue weighted by Gasteiger charge is 1.99. The van der Waals surface area contributed by atoms with E-state index in [1.165, 1.54) is 0 Å². The average molecular weight is 282 g/mol. The molecule has 0 bridgehead atoms. The molecule has 0 aromatic rings. The van der Waals surface area contributed by atoms with Crippen molar-refractivity contribution in [1.29, 1.82) is 0 Å². The molecule has 0 aliphatic heterocycles. The highest BCUT2D eigenvalue weighted by atomic mass is 32.2. The molecule has 2 N–H and O–H groups in total. The minimum Gasteiger partial charge on any atom is -0.750 e. The van der Waals surface area contributed by atoms with Gasteiger partial charge in [-0.1, -0.05) is 26.8 Å². The molecule has 1 atom stereocenters. The first-order valence-electron chi connectivity index (χ1n) is 5.59. The smallest absolute Gasteiger partial charge is 0.330 e. The average Bonchev–Trinajstić information content (AvgIpc) is 2.28. The molecule has 0 aromatic carbocycles. The summed E-state index contributed by atoms with van der Waals surface area (Å²) in [5.74, 6) is -0.883. The molecule has 1 unspecified atom stereocenters. The van der Waals surface area contributed by atoms with Crippen LogP contribution in [-0.4, -0.2) is 40.5 Å². The monoisotopic (exact) mass is 282 g/mol. The predicted octanol–water partition coefficient (Wildman–Crippen LogP) is 1.47. The Hall–Kier alpha value is -0.760. The van der Waals surface area contributed by atoms with Gasteiger partial charge in [0.1, 0.15) is 0 Å². The van der Waals surface area contributed by atoms with Crippen LogP contribution in [0.25, 0.3) is 0 Å². The van der Waals surface area contributed by atoms with Crippen molar-refractivity contribution in [3.63, 3.8) is 0 Å². The maximum absolute atomic E-state index is 9.99. The van der Waals surface area contributed by atoms with Crippen molar-refractivity contribution in [3.05, 3.63) is 12.2 Å². The van der Waals surface area contributed by atoms with Crippen LogP contribution in [0, 0.1) is 0 Å². The van der Waals surface area contributed by atoms with Crippen molar-refractivity contribution in [3.8, 4) is 0 Å². The maximum atomic E-state index is 9.99. The second-order valence-corrected chi connectivity index (χ2v) is 3.83. The van der Waals surface area contributed by atoms with Crippen LogP contribution in [-0.2, 0) is 20.3 Å². The van der Waals surface area contributed by atoms with Gasteiger partial charge in [0, 0.05) is 5.57 Å². The van der Waals surface area contributed by atoms with Gasteiger partial charge in [0.25, 0.3) is 0 Å². The second kappa shape index (κ2) is 18.6. The summed E-state index contributed by atoms with van der Waals surface area (Å²) >= 11 is -2.32. The Morgan fingerprint density at radius 2 is 1.83 bits per heavy atom. The van der Waals surface area contributed by atoms with Gasteiger partial charge in [-0.05, 0) is 26.9 Å². The van der Waals surface area contributed by atoms with Gasteiger partial charge in [0.2, 0.25) is 0 Å². The van der Waals surface area contributed by atoms with Crippen LogP contribution in [0.2, 0.25) is 0 Å². The third-order valence-corrected chi connectivity index (χ3v) is 1.60. The Balaban J connectivity index is -0.000000207. The molecule has 18 heavy (non-hydrogen) atoms. The summed E-state index contributed by atoms with van der Waals surface area (Å²) in [7, 11) is 3.75. The van der Waals surface area contributed by atoms with E-state index in [9.17, 15) is 13.6 Å². The molecule has 0 fully saturated rings. The maximum Gasteiger partial charge on any atom is 0.330 e. The lowest BCUT2D eigenvalue weighted by Crippen LogP contribution is -1.97. The molecule has 7 heteroatoms. The summed E-state index contributed by atoms with van der Waals surface area (Å²) < 4.78 is 23.2. The number of rotatable bonds is 6. The van der Waals surface area contributed by atoms with Gasteiger partial charge in [0.05, 0.1) is 18.0 Å². The minimum atomic E-state index is -2.32. The summed E-state index contributed by atoms with van der Waals surface area (Å²) in [6.07, 6.45) is 2.18. The van der Waals surface area contributed by atoms with Crippen LogP contribution in [0.3, 0.4) is 0 Å². The lowest BCUT2D eigenvalue weighted by atomic mass is 10.2. The first kappa shape index (κ1) is 22.4. The second-order valence-electron chi connectivity index (χ2n) is 3.18. The first-order chi connectivity index (χ1) is 8.37. The third-order valence-electron chi connectivity index (χ3n) is 1.24. The fraction of sp³-hybridized carbons (Fsp3) is 0.727. The molecular formula is C11H24NO5S-. The molecule has 0 radical (unpaired) electrons. The van der Waals surface area contributed by atoms with Gasteiger partial charge >= 0.3 is 5.97 Å². The number of carbonyl (C=O) groups is 1. The predicted molar refractivity (Wildman–Crippen MR) is 71.8 cm³/mol. The zero-order valence-electron chi connectivity index (χ0n) is 11.5. The largest absolute Gasteiger partial charge is 0.750 e. The quantitative estimate of drug-likeness (QED) is 0.565. The van der Waals surface area contributed by atoms with Crippen molar-refractivity contribution in [2.45, 2.75) is 33.1 Å². The van der Waals surface area contributed by atoms with Crippen LogP contribution in [0.5, 0.6) is 0 Å². The molecule has 6 nitrogen and oxygen atoms in total. The highest BCUT2D eigenvalue weighted by molar-refractivity contribution is 7.74. The summed E-state index contributed by atoms with van der Waals surface area (Å²) in [5.41, 5.74) is 0.299. The van der Waals surface area contributed by atoms with Crippen molar-refractivity contribution in [1.82, 2.24) is 5.32 Å². The number of hydrogen-bond donors (Lipinski definition) is 2. The molecule has 0 amide bonds. The lowest BCUT2D eigenvalue weighted by molar-refractivity contribution is -0.132. The van der Waals surface area contributed by atoms with E-state index in [1.54, 1.807) is 0 Å². The van der Waals surface area contributed by atoms with Crippen molar-refractivity contribution < 1.29 is 22.8 Å². The number of aliphatic carboxylic acids is 1. The number of carboxylic acids is 1. The molecule has 0 saturated carbocycles. The molecule has 0 aromatic heterocycles. The van der Waals surface area contributed by atoms with Gasteiger partial charge in [-0.3, -0.25) is 0 Å². The normalized spacial score (nSPS) is 10.3. The van der Waals surface area contributed by atoms with Crippen LogP contribution in [0.15, 0.2) is 12.2 Å². The Bertz CT molecular complexity index is 233. The SMILES string of the molecule is C=C(CCC)C(=O)O.CCCOS(=O)[O-].CNC. The van der Waals surface area contributed by atoms with Gasteiger partial charge < -0.3 is 19.2 Å². The van der Waals surface area contributed by atoms with Crippen molar-refractivity contribution in [2.24, 2.45) is 0 Å². The van der Waals surface area contributed by atoms with E-state index in [4.69, 9.17) is 5.11 Å². The molecule has 110 valence electrons. The topological polar surface area (TPSA) is 98.7 Å².